The molecule has 0 aliphatic heterocycles. The summed E-state index contributed by atoms with van der Waals surface area (Å²) < 4.78 is 14.0. The third-order valence-electron chi connectivity index (χ3n) is 4.75. The van der Waals surface area contributed by atoms with Crippen LogP contribution in [0.5, 0.6) is 11.5 Å². The van der Waals surface area contributed by atoms with Gasteiger partial charge in [0.05, 0.1) is 31.8 Å². The molecule has 4 rings (SSSR count). The first-order valence-corrected chi connectivity index (χ1v) is 10.1. The van der Waals surface area contributed by atoms with Gasteiger partial charge in [-0.3, -0.25) is 4.79 Å². The van der Waals surface area contributed by atoms with Gasteiger partial charge in [0.2, 0.25) is 0 Å². The fraction of sp³-hybridized carbons (Fsp3) is 0.217. The number of hydrogen-bond acceptors (Lipinski definition) is 6. The Hall–Kier alpha value is -3.94. The van der Waals surface area contributed by atoms with Gasteiger partial charge in [-0.05, 0) is 42.3 Å². The van der Waals surface area contributed by atoms with Crippen molar-refractivity contribution in [3.63, 3.8) is 0 Å². The van der Waals surface area contributed by atoms with E-state index in [1.807, 2.05) is 48.5 Å². The van der Waals surface area contributed by atoms with Crippen LogP contribution in [0, 0.1) is 0 Å². The topological polar surface area (TPSA) is 83.5 Å². The number of ether oxygens (including phenoxy) is 2. The Balaban J connectivity index is 1.60. The molecular formula is C23H23N5O3. The predicted molar refractivity (Wildman–Crippen MR) is 120 cm³/mol. The molecular weight excluding hydrogens is 394 g/mol. The van der Waals surface area contributed by atoms with Crippen LogP contribution in [0.3, 0.4) is 0 Å². The van der Waals surface area contributed by atoms with E-state index in [-0.39, 0.29) is 5.56 Å². The van der Waals surface area contributed by atoms with Gasteiger partial charge >= 0.3 is 0 Å². The van der Waals surface area contributed by atoms with E-state index in [0.717, 1.165) is 24.1 Å². The second-order valence-corrected chi connectivity index (χ2v) is 6.88. The van der Waals surface area contributed by atoms with Crippen LogP contribution in [0.15, 0.2) is 71.0 Å². The summed E-state index contributed by atoms with van der Waals surface area (Å²) >= 11 is 0. The van der Waals surface area contributed by atoms with E-state index in [1.165, 1.54) is 17.2 Å². The molecule has 2 aromatic heterocycles. The molecule has 0 fully saturated rings. The van der Waals surface area contributed by atoms with Gasteiger partial charge in [0.15, 0.2) is 17.1 Å². The van der Waals surface area contributed by atoms with Gasteiger partial charge in [-0.1, -0.05) is 31.5 Å². The average molecular weight is 417 g/mol. The van der Waals surface area contributed by atoms with Crippen molar-refractivity contribution in [1.82, 2.24) is 19.4 Å². The minimum Gasteiger partial charge on any atom is -0.493 e. The van der Waals surface area contributed by atoms with Gasteiger partial charge in [0, 0.05) is 0 Å². The first kappa shape index (κ1) is 20.3. The fourth-order valence-corrected chi connectivity index (χ4v) is 3.08. The number of fused-ring (bicyclic) bond motifs is 1. The van der Waals surface area contributed by atoms with Crippen LogP contribution < -0.4 is 15.0 Å². The van der Waals surface area contributed by atoms with E-state index in [1.54, 1.807) is 18.0 Å². The number of unbranched alkanes of at least 4 members (excludes halogenated alkanes) is 1. The minimum absolute atomic E-state index is 0.296. The third-order valence-corrected chi connectivity index (χ3v) is 4.75. The molecule has 0 saturated heterocycles. The number of benzene rings is 2. The predicted octanol–water partition coefficient (Wildman–Crippen LogP) is 3.65. The standard InChI is InChI=1S/C23H23N5O3/c1-3-4-12-31-20-11-10-17(13-21(20)30-2)14-25-27-16-24-22-19(23(27)29)15-26-28(22)18-8-6-5-7-9-18/h5-11,13-16H,3-4,12H2,1-2H3/b25-14-. The van der Waals surface area contributed by atoms with E-state index in [4.69, 9.17) is 9.47 Å². The molecule has 0 bridgehead atoms. The van der Waals surface area contributed by atoms with Gasteiger partial charge in [-0.2, -0.15) is 14.9 Å². The Morgan fingerprint density at radius 2 is 1.97 bits per heavy atom. The minimum atomic E-state index is -0.296. The van der Waals surface area contributed by atoms with Gasteiger partial charge in [-0.25, -0.2) is 9.67 Å². The normalized spacial score (nSPS) is 11.3. The molecule has 8 nitrogen and oxygen atoms in total. The zero-order valence-electron chi connectivity index (χ0n) is 17.4. The molecule has 0 saturated carbocycles. The molecule has 4 aromatic rings. The Labute approximate surface area is 179 Å². The Bertz CT molecular complexity index is 1260. The molecule has 0 radical (unpaired) electrons. The third kappa shape index (κ3) is 4.32. The highest BCUT2D eigenvalue weighted by atomic mass is 16.5. The maximum atomic E-state index is 12.8. The fourth-order valence-electron chi connectivity index (χ4n) is 3.08. The number of hydrogen-bond donors (Lipinski definition) is 0. The van der Waals surface area contributed by atoms with E-state index >= 15 is 0 Å². The van der Waals surface area contributed by atoms with Gasteiger partial charge in [0.25, 0.3) is 5.56 Å². The number of methoxy groups -OCH3 is 1. The summed E-state index contributed by atoms with van der Waals surface area (Å²) in [7, 11) is 1.59. The van der Waals surface area contributed by atoms with Crippen LogP contribution in [0.1, 0.15) is 25.3 Å². The molecule has 8 heteroatoms. The van der Waals surface area contributed by atoms with Crippen molar-refractivity contribution in [3.05, 3.63) is 77.0 Å². The molecule has 0 atom stereocenters. The van der Waals surface area contributed by atoms with Crippen molar-refractivity contribution >= 4 is 17.2 Å². The second-order valence-electron chi connectivity index (χ2n) is 6.88. The quantitative estimate of drug-likeness (QED) is 0.323. The number of para-hydroxylation sites is 1. The summed E-state index contributed by atoms with van der Waals surface area (Å²) in [6, 6.07) is 15.0. The maximum Gasteiger partial charge on any atom is 0.285 e. The van der Waals surface area contributed by atoms with Gasteiger partial charge < -0.3 is 9.47 Å². The molecule has 2 heterocycles. The summed E-state index contributed by atoms with van der Waals surface area (Å²) in [5.74, 6) is 1.30. The highest BCUT2D eigenvalue weighted by Crippen LogP contribution is 2.27. The van der Waals surface area contributed by atoms with Crippen LogP contribution in [0.4, 0.5) is 0 Å². The lowest BCUT2D eigenvalue weighted by Gasteiger charge is -2.10. The smallest absolute Gasteiger partial charge is 0.285 e. The van der Waals surface area contributed by atoms with Crippen molar-refractivity contribution in [1.29, 1.82) is 0 Å². The number of nitrogens with zero attached hydrogens (tertiary/aromatic N) is 5. The number of aromatic nitrogens is 4. The van der Waals surface area contributed by atoms with E-state index in [0.29, 0.717) is 29.1 Å². The largest absolute Gasteiger partial charge is 0.493 e. The van der Waals surface area contributed by atoms with Gasteiger partial charge in [-0.15, -0.1) is 0 Å². The highest BCUT2D eigenvalue weighted by Gasteiger charge is 2.11. The molecule has 0 spiro atoms. The Kier molecular flexibility index (Phi) is 6.07. The van der Waals surface area contributed by atoms with E-state index < -0.39 is 0 Å². The van der Waals surface area contributed by atoms with Crippen LogP contribution in [-0.4, -0.2) is 39.4 Å². The SMILES string of the molecule is CCCCOc1ccc(/C=N\n2cnc3c(cnn3-c3ccccc3)c2=O)cc1OC. The molecule has 0 aliphatic rings. The summed E-state index contributed by atoms with van der Waals surface area (Å²) in [5.41, 5.74) is 1.79. The summed E-state index contributed by atoms with van der Waals surface area (Å²) in [6.07, 6.45) is 6.52. The van der Waals surface area contributed by atoms with Crippen LogP contribution in [0.2, 0.25) is 0 Å². The molecule has 2 aromatic carbocycles. The molecule has 0 unspecified atom stereocenters. The van der Waals surface area contributed by atoms with Crippen molar-refractivity contribution in [2.24, 2.45) is 5.10 Å². The molecule has 0 N–H and O–H groups in total. The summed E-state index contributed by atoms with van der Waals surface area (Å²) in [6.45, 7) is 2.75. The number of rotatable bonds is 8. The zero-order chi connectivity index (χ0) is 21.6. The van der Waals surface area contributed by atoms with Crippen molar-refractivity contribution in [3.8, 4) is 17.2 Å². The second kappa shape index (κ2) is 9.25. The van der Waals surface area contributed by atoms with Crippen LogP contribution in [-0.2, 0) is 0 Å². The average Bonchev–Trinajstić information content (AvgIpc) is 3.25. The van der Waals surface area contributed by atoms with E-state index in [2.05, 4.69) is 22.1 Å². The zero-order valence-corrected chi connectivity index (χ0v) is 17.4. The highest BCUT2D eigenvalue weighted by molar-refractivity contribution is 5.81. The van der Waals surface area contributed by atoms with Crippen molar-refractivity contribution < 1.29 is 9.47 Å². The molecule has 0 aliphatic carbocycles. The Morgan fingerprint density at radius 3 is 2.74 bits per heavy atom. The molecule has 158 valence electrons. The van der Waals surface area contributed by atoms with Crippen molar-refractivity contribution in [2.75, 3.05) is 13.7 Å². The summed E-state index contributed by atoms with van der Waals surface area (Å²) in [5, 5.41) is 8.97. The van der Waals surface area contributed by atoms with Crippen molar-refractivity contribution in [2.45, 2.75) is 19.8 Å². The molecule has 31 heavy (non-hydrogen) atoms. The molecule has 0 amide bonds. The van der Waals surface area contributed by atoms with Gasteiger partial charge in [0.1, 0.15) is 11.7 Å². The van der Waals surface area contributed by atoms with Crippen LogP contribution in [0.25, 0.3) is 16.7 Å². The Morgan fingerprint density at radius 1 is 1.13 bits per heavy atom. The lowest BCUT2D eigenvalue weighted by atomic mass is 10.2. The monoisotopic (exact) mass is 417 g/mol. The maximum absolute atomic E-state index is 12.8. The van der Waals surface area contributed by atoms with Crippen LogP contribution >= 0.6 is 0 Å². The van der Waals surface area contributed by atoms with E-state index in [9.17, 15) is 4.79 Å². The lowest BCUT2D eigenvalue weighted by Crippen LogP contribution is -2.17. The summed E-state index contributed by atoms with van der Waals surface area (Å²) in [4.78, 5) is 17.2. The first-order valence-electron chi connectivity index (χ1n) is 10.1. The first-order chi connectivity index (χ1) is 15.2. The lowest BCUT2D eigenvalue weighted by molar-refractivity contribution is 0.288.